The molecule has 1 aromatic carbocycles. The summed E-state index contributed by atoms with van der Waals surface area (Å²) in [5, 5.41) is 12.8. The Balaban J connectivity index is 1.53. The van der Waals surface area contributed by atoms with Gasteiger partial charge in [-0.3, -0.25) is 4.40 Å². The molecule has 1 atom stereocenters. The number of aryl methyl sites for hydroxylation is 3. The molecule has 0 saturated carbocycles. The van der Waals surface area contributed by atoms with Gasteiger partial charge < -0.3 is 9.47 Å². The molecule has 152 valence electrons. The third-order valence-electron chi connectivity index (χ3n) is 5.91. The van der Waals surface area contributed by atoms with E-state index in [2.05, 4.69) is 20.3 Å². The van der Waals surface area contributed by atoms with Crippen molar-refractivity contribution in [3.63, 3.8) is 0 Å². The van der Waals surface area contributed by atoms with Crippen LogP contribution in [0.25, 0.3) is 17.0 Å². The Bertz CT molecular complexity index is 1310. The first-order chi connectivity index (χ1) is 14.6. The first kappa shape index (κ1) is 17.4. The molecule has 0 fully saturated rings. The van der Waals surface area contributed by atoms with Crippen LogP contribution in [0.4, 0.5) is 4.39 Å². The lowest BCUT2D eigenvalue weighted by atomic mass is 9.93. The number of ether oxygens (including phenoxy) is 2. The van der Waals surface area contributed by atoms with Gasteiger partial charge in [-0.1, -0.05) is 0 Å². The van der Waals surface area contributed by atoms with E-state index in [1.54, 1.807) is 17.1 Å². The number of hydrogen-bond donors (Lipinski definition) is 0. The molecule has 0 bridgehead atoms. The van der Waals surface area contributed by atoms with E-state index >= 15 is 0 Å². The van der Waals surface area contributed by atoms with Crippen LogP contribution >= 0.6 is 0 Å². The molecule has 0 amide bonds. The highest BCUT2D eigenvalue weighted by atomic mass is 19.1. The molecule has 2 aliphatic rings. The minimum Gasteiger partial charge on any atom is -0.493 e. The van der Waals surface area contributed by atoms with Crippen LogP contribution in [0.5, 0.6) is 11.5 Å². The van der Waals surface area contributed by atoms with Crippen LogP contribution in [-0.4, -0.2) is 42.6 Å². The second kappa shape index (κ2) is 6.25. The quantitative estimate of drug-likeness (QED) is 0.484. The Hall–Kier alpha value is -3.49. The minimum atomic E-state index is -0.195. The van der Waals surface area contributed by atoms with Gasteiger partial charge in [-0.15, -0.1) is 10.2 Å². The van der Waals surface area contributed by atoms with E-state index in [1.807, 2.05) is 24.4 Å². The Kier molecular flexibility index (Phi) is 3.62. The molecule has 5 heterocycles. The van der Waals surface area contributed by atoms with Crippen LogP contribution < -0.4 is 9.47 Å². The summed E-state index contributed by atoms with van der Waals surface area (Å²) < 4.78 is 30.4. The number of aromatic nitrogens is 6. The zero-order chi connectivity index (χ0) is 20.4. The van der Waals surface area contributed by atoms with Crippen molar-refractivity contribution in [1.29, 1.82) is 0 Å². The van der Waals surface area contributed by atoms with Gasteiger partial charge in [-0.2, -0.15) is 5.10 Å². The maximum Gasteiger partial charge on any atom is 0.172 e. The molecule has 0 aliphatic carbocycles. The maximum absolute atomic E-state index is 14.7. The minimum absolute atomic E-state index is 0.00576. The van der Waals surface area contributed by atoms with Crippen molar-refractivity contribution in [2.75, 3.05) is 13.2 Å². The average Bonchev–Trinajstić information content (AvgIpc) is 3.44. The van der Waals surface area contributed by atoms with Gasteiger partial charge in [0.25, 0.3) is 0 Å². The summed E-state index contributed by atoms with van der Waals surface area (Å²) in [5.74, 6) is 2.65. The number of nitrogens with zero attached hydrogens (tertiary/aromatic N) is 6. The molecule has 2 aliphatic heterocycles. The predicted molar refractivity (Wildman–Crippen MR) is 105 cm³/mol. The number of halogens is 1. The van der Waals surface area contributed by atoms with Crippen LogP contribution in [0.1, 0.15) is 28.6 Å². The van der Waals surface area contributed by atoms with E-state index in [1.165, 1.54) is 6.07 Å². The van der Waals surface area contributed by atoms with Crippen LogP contribution in [0.2, 0.25) is 0 Å². The highest BCUT2D eigenvalue weighted by molar-refractivity contribution is 5.75. The molecule has 4 aromatic rings. The maximum atomic E-state index is 14.7. The number of rotatable bonds is 1. The summed E-state index contributed by atoms with van der Waals surface area (Å²) in [6, 6.07) is 5.15. The predicted octanol–water partition coefficient (Wildman–Crippen LogP) is 2.63. The lowest BCUT2D eigenvalue weighted by Crippen LogP contribution is -2.13. The van der Waals surface area contributed by atoms with Crippen LogP contribution in [0.3, 0.4) is 0 Å². The molecule has 0 saturated heterocycles. The van der Waals surface area contributed by atoms with Gasteiger partial charge in [-0.25, -0.2) is 14.1 Å². The second-order valence-electron chi connectivity index (χ2n) is 7.76. The normalized spacial score (nSPS) is 17.5. The van der Waals surface area contributed by atoms with Gasteiger partial charge in [0.2, 0.25) is 0 Å². The van der Waals surface area contributed by atoms with Gasteiger partial charge >= 0.3 is 0 Å². The number of fused-ring (bicyclic) bond motifs is 3. The lowest BCUT2D eigenvalue weighted by Gasteiger charge is -2.15. The smallest absolute Gasteiger partial charge is 0.172 e. The van der Waals surface area contributed by atoms with Crippen molar-refractivity contribution < 1.29 is 13.9 Å². The fraction of sp³-hybridized carbons (Fsp3) is 0.333. The molecule has 0 N–H and O–H groups in total. The molecule has 0 spiro atoms. The van der Waals surface area contributed by atoms with E-state index in [0.29, 0.717) is 48.9 Å². The molecule has 30 heavy (non-hydrogen) atoms. The lowest BCUT2D eigenvalue weighted by molar-refractivity contribution is 0.246. The highest BCUT2D eigenvalue weighted by Crippen LogP contribution is 2.41. The van der Waals surface area contributed by atoms with E-state index < -0.39 is 0 Å². The SMILES string of the molecule is Cc1nc(-c2cc3c(n4cnnc24)CCc2c(F)ccc4c2[C@H](CO4)CO3)n(C)n1. The summed E-state index contributed by atoms with van der Waals surface area (Å²) in [6.45, 7) is 2.74. The van der Waals surface area contributed by atoms with Gasteiger partial charge in [0.1, 0.15) is 29.5 Å². The van der Waals surface area contributed by atoms with Gasteiger partial charge in [0.05, 0.1) is 30.4 Å². The van der Waals surface area contributed by atoms with E-state index in [4.69, 9.17) is 9.47 Å². The molecule has 0 unspecified atom stereocenters. The fourth-order valence-electron chi connectivity index (χ4n) is 4.58. The molecular weight excluding hydrogens is 387 g/mol. The van der Waals surface area contributed by atoms with Crippen LogP contribution in [0, 0.1) is 12.7 Å². The number of pyridine rings is 1. The standard InChI is InChI=1S/C21H19FN6O2/c1-11-24-20(27(2)26-11)14-7-18-16(28-10-23-25-21(14)28)5-3-13-15(22)4-6-17-19(13)12(8-29-17)9-30-18/h4,6-7,10,12H,3,5,8-9H2,1-2H3/t12-/m1/s1. The molecule has 8 nitrogen and oxygen atoms in total. The van der Waals surface area contributed by atoms with Gasteiger partial charge in [0, 0.05) is 12.6 Å². The molecular formula is C21H19FN6O2. The zero-order valence-corrected chi connectivity index (χ0v) is 16.6. The first-order valence-corrected chi connectivity index (χ1v) is 9.90. The Labute approximate surface area is 171 Å². The average molecular weight is 406 g/mol. The monoisotopic (exact) mass is 406 g/mol. The van der Waals surface area contributed by atoms with E-state index in [9.17, 15) is 4.39 Å². The van der Waals surface area contributed by atoms with Gasteiger partial charge in [0.15, 0.2) is 11.5 Å². The van der Waals surface area contributed by atoms with E-state index in [0.717, 1.165) is 28.3 Å². The van der Waals surface area contributed by atoms with Crippen LogP contribution in [-0.2, 0) is 19.9 Å². The van der Waals surface area contributed by atoms with Crippen molar-refractivity contribution >= 4 is 5.65 Å². The van der Waals surface area contributed by atoms with Crippen molar-refractivity contribution in [2.24, 2.45) is 7.05 Å². The van der Waals surface area contributed by atoms with Crippen molar-refractivity contribution in [3.05, 3.63) is 53.0 Å². The Morgan fingerprint density at radius 1 is 1.13 bits per heavy atom. The summed E-state index contributed by atoms with van der Waals surface area (Å²) in [4.78, 5) is 4.55. The van der Waals surface area contributed by atoms with Crippen molar-refractivity contribution in [1.82, 2.24) is 29.4 Å². The third kappa shape index (κ3) is 2.44. The van der Waals surface area contributed by atoms with Crippen molar-refractivity contribution in [3.8, 4) is 22.9 Å². The van der Waals surface area contributed by atoms with Gasteiger partial charge in [-0.05, 0) is 43.5 Å². The summed E-state index contributed by atoms with van der Waals surface area (Å²) in [5.41, 5.74) is 4.03. The molecule has 3 aromatic heterocycles. The molecule has 6 rings (SSSR count). The molecule has 9 heteroatoms. The van der Waals surface area contributed by atoms with Crippen molar-refractivity contribution in [2.45, 2.75) is 25.7 Å². The van der Waals surface area contributed by atoms with E-state index in [-0.39, 0.29) is 11.7 Å². The summed E-state index contributed by atoms with van der Waals surface area (Å²) >= 11 is 0. The largest absolute Gasteiger partial charge is 0.493 e. The Morgan fingerprint density at radius 3 is 2.77 bits per heavy atom. The zero-order valence-electron chi connectivity index (χ0n) is 16.6. The number of hydrogen-bond acceptors (Lipinski definition) is 6. The molecule has 0 radical (unpaired) electrons. The van der Waals surface area contributed by atoms with Crippen LogP contribution in [0.15, 0.2) is 24.5 Å². The number of benzene rings is 1. The Morgan fingerprint density at radius 2 is 1.97 bits per heavy atom. The highest BCUT2D eigenvalue weighted by Gasteiger charge is 2.32. The fourth-order valence-corrected chi connectivity index (χ4v) is 4.58. The second-order valence-corrected chi connectivity index (χ2v) is 7.76. The first-order valence-electron chi connectivity index (χ1n) is 9.90. The third-order valence-corrected chi connectivity index (χ3v) is 5.91. The summed E-state index contributed by atoms with van der Waals surface area (Å²) in [7, 11) is 1.85. The topological polar surface area (TPSA) is 79.4 Å². The summed E-state index contributed by atoms with van der Waals surface area (Å²) in [6.07, 6.45) is 2.80.